The zero-order valence-electron chi connectivity index (χ0n) is 16.2. The van der Waals surface area contributed by atoms with Gasteiger partial charge in [-0.05, 0) is 47.5 Å². The molecule has 0 aromatic heterocycles. The van der Waals surface area contributed by atoms with Crippen molar-refractivity contribution in [2.24, 2.45) is 0 Å². The van der Waals surface area contributed by atoms with Crippen molar-refractivity contribution in [1.29, 1.82) is 0 Å². The molecule has 26 heavy (non-hydrogen) atoms. The number of carbonyl (C=O) groups excluding carboxylic acids is 3. The topological polar surface area (TPSA) is 134 Å². The van der Waals surface area contributed by atoms with Crippen LogP contribution in [0, 0.1) is 0 Å². The number of alkyl carbamates (subject to hydrolysis) is 1. The van der Waals surface area contributed by atoms with Gasteiger partial charge in [0.1, 0.15) is 17.7 Å². The number of carboxylic acid groups (broad SMARTS) is 1. The molecule has 4 N–H and O–H groups in total. The SMILES string of the molecule is C[C@@H](NC(=O)[C@@H](C)NC(=O)CCCCCNC(=O)OC(C)(C)C)C(=O)O. The van der Waals surface area contributed by atoms with Crippen molar-refractivity contribution in [3.05, 3.63) is 0 Å². The van der Waals surface area contributed by atoms with E-state index in [2.05, 4.69) is 16.0 Å². The lowest BCUT2D eigenvalue weighted by Gasteiger charge is -2.19. The molecule has 0 bridgehead atoms. The lowest BCUT2D eigenvalue weighted by Crippen LogP contribution is -2.49. The Kier molecular flexibility index (Phi) is 10.3. The fraction of sp³-hybridized carbons (Fsp3) is 0.765. The van der Waals surface area contributed by atoms with Crippen LogP contribution in [0.2, 0.25) is 0 Å². The first-order valence-corrected chi connectivity index (χ1v) is 8.71. The van der Waals surface area contributed by atoms with Gasteiger partial charge in [-0.25, -0.2) is 4.79 Å². The van der Waals surface area contributed by atoms with Crippen LogP contribution < -0.4 is 16.0 Å². The molecule has 9 nitrogen and oxygen atoms in total. The first-order chi connectivity index (χ1) is 11.9. The molecular weight excluding hydrogens is 342 g/mol. The van der Waals surface area contributed by atoms with Gasteiger partial charge in [-0.2, -0.15) is 0 Å². The van der Waals surface area contributed by atoms with E-state index in [0.717, 1.165) is 6.42 Å². The molecule has 0 saturated heterocycles. The number of rotatable bonds is 10. The van der Waals surface area contributed by atoms with Gasteiger partial charge >= 0.3 is 12.1 Å². The van der Waals surface area contributed by atoms with E-state index in [1.165, 1.54) is 13.8 Å². The number of amides is 3. The van der Waals surface area contributed by atoms with Crippen LogP contribution in [0.1, 0.15) is 60.3 Å². The lowest BCUT2D eigenvalue weighted by atomic mass is 10.1. The first-order valence-electron chi connectivity index (χ1n) is 8.71. The summed E-state index contributed by atoms with van der Waals surface area (Å²) in [6.07, 6.45) is 1.84. The van der Waals surface area contributed by atoms with Crippen molar-refractivity contribution in [1.82, 2.24) is 16.0 Å². The molecular formula is C17H31N3O6. The van der Waals surface area contributed by atoms with E-state index >= 15 is 0 Å². The number of carbonyl (C=O) groups is 4. The summed E-state index contributed by atoms with van der Waals surface area (Å²) in [5, 5.41) is 16.2. The van der Waals surface area contributed by atoms with Crippen molar-refractivity contribution >= 4 is 23.9 Å². The van der Waals surface area contributed by atoms with Crippen LogP contribution in [0.5, 0.6) is 0 Å². The van der Waals surface area contributed by atoms with Crippen LogP contribution in [0.25, 0.3) is 0 Å². The maximum atomic E-state index is 11.8. The van der Waals surface area contributed by atoms with Crippen LogP contribution in [0.15, 0.2) is 0 Å². The Bertz CT molecular complexity index is 501. The summed E-state index contributed by atoms with van der Waals surface area (Å²) in [5.41, 5.74) is -0.534. The first kappa shape index (κ1) is 23.7. The molecule has 9 heteroatoms. The predicted molar refractivity (Wildman–Crippen MR) is 95.5 cm³/mol. The molecule has 0 aromatic carbocycles. The number of ether oxygens (including phenoxy) is 1. The third-order valence-corrected chi connectivity index (χ3v) is 3.25. The molecule has 0 heterocycles. The predicted octanol–water partition coefficient (Wildman–Crippen LogP) is 1.17. The van der Waals surface area contributed by atoms with Gasteiger partial charge in [-0.1, -0.05) is 6.42 Å². The van der Waals surface area contributed by atoms with E-state index in [9.17, 15) is 19.2 Å². The highest BCUT2D eigenvalue weighted by molar-refractivity contribution is 5.89. The Labute approximate surface area is 154 Å². The van der Waals surface area contributed by atoms with Crippen LogP contribution >= 0.6 is 0 Å². The minimum Gasteiger partial charge on any atom is -0.480 e. The Balaban J connectivity index is 3.84. The fourth-order valence-corrected chi connectivity index (χ4v) is 1.87. The summed E-state index contributed by atoms with van der Waals surface area (Å²) >= 11 is 0. The lowest BCUT2D eigenvalue weighted by molar-refractivity contribution is -0.141. The molecule has 0 saturated carbocycles. The maximum absolute atomic E-state index is 11.8. The average molecular weight is 373 g/mol. The molecule has 0 aliphatic heterocycles. The zero-order valence-corrected chi connectivity index (χ0v) is 16.2. The van der Waals surface area contributed by atoms with Crippen molar-refractivity contribution in [3.8, 4) is 0 Å². The fourth-order valence-electron chi connectivity index (χ4n) is 1.87. The summed E-state index contributed by atoms with van der Waals surface area (Å²) in [6.45, 7) is 8.66. The van der Waals surface area contributed by atoms with Gasteiger partial charge in [0.2, 0.25) is 11.8 Å². The van der Waals surface area contributed by atoms with E-state index in [4.69, 9.17) is 9.84 Å². The van der Waals surface area contributed by atoms with Gasteiger partial charge in [-0.3, -0.25) is 14.4 Å². The summed E-state index contributed by atoms with van der Waals surface area (Å²) in [6, 6.07) is -1.82. The molecule has 150 valence electrons. The van der Waals surface area contributed by atoms with Crippen LogP contribution in [0.4, 0.5) is 4.79 Å². The number of unbranched alkanes of at least 4 members (excludes halogenated alkanes) is 2. The highest BCUT2D eigenvalue weighted by Crippen LogP contribution is 2.06. The highest BCUT2D eigenvalue weighted by atomic mass is 16.6. The van der Waals surface area contributed by atoms with E-state index in [0.29, 0.717) is 19.4 Å². The Hall–Kier alpha value is -2.32. The Morgan fingerprint density at radius 3 is 2.12 bits per heavy atom. The minimum absolute atomic E-state index is 0.249. The van der Waals surface area contributed by atoms with Crippen molar-refractivity contribution in [2.75, 3.05) is 6.54 Å². The summed E-state index contributed by atoms with van der Waals surface area (Å²) in [7, 11) is 0. The number of hydrogen-bond donors (Lipinski definition) is 4. The van der Waals surface area contributed by atoms with E-state index < -0.39 is 35.7 Å². The Morgan fingerprint density at radius 1 is 0.962 bits per heavy atom. The molecule has 2 atom stereocenters. The summed E-state index contributed by atoms with van der Waals surface area (Å²) in [5.74, 6) is -1.97. The zero-order chi connectivity index (χ0) is 20.3. The maximum Gasteiger partial charge on any atom is 0.407 e. The van der Waals surface area contributed by atoms with Crippen LogP contribution in [-0.4, -0.2) is 53.2 Å². The summed E-state index contributed by atoms with van der Waals surface area (Å²) < 4.78 is 5.10. The second-order valence-corrected chi connectivity index (χ2v) is 7.10. The number of nitrogens with one attached hydrogen (secondary N) is 3. The Morgan fingerprint density at radius 2 is 1.58 bits per heavy atom. The monoisotopic (exact) mass is 373 g/mol. The van der Waals surface area contributed by atoms with Crippen molar-refractivity contribution < 1.29 is 29.0 Å². The van der Waals surface area contributed by atoms with E-state index in [-0.39, 0.29) is 12.3 Å². The third-order valence-electron chi connectivity index (χ3n) is 3.25. The largest absolute Gasteiger partial charge is 0.480 e. The smallest absolute Gasteiger partial charge is 0.407 e. The molecule has 0 fully saturated rings. The van der Waals surface area contributed by atoms with Gasteiger partial charge in [0.05, 0.1) is 0 Å². The van der Waals surface area contributed by atoms with Gasteiger partial charge < -0.3 is 25.8 Å². The quantitative estimate of drug-likeness (QED) is 0.425. The van der Waals surface area contributed by atoms with Crippen LogP contribution in [-0.2, 0) is 19.1 Å². The molecule has 0 spiro atoms. The molecule has 0 aliphatic rings. The molecule has 0 radical (unpaired) electrons. The van der Waals surface area contributed by atoms with Gasteiger partial charge in [0.25, 0.3) is 0 Å². The molecule has 0 unspecified atom stereocenters. The van der Waals surface area contributed by atoms with E-state index in [1.807, 2.05) is 0 Å². The van der Waals surface area contributed by atoms with E-state index in [1.54, 1.807) is 20.8 Å². The highest BCUT2D eigenvalue weighted by Gasteiger charge is 2.20. The molecule has 0 aromatic rings. The normalized spacial score (nSPS) is 13.3. The molecule has 0 rings (SSSR count). The number of carboxylic acids is 1. The van der Waals surface area contributed by atoms with Gasteiger partial charge in [0.15, 0.2) is 0 Å². The van der Waals surface area contributed by atoms with Crippen molar-refractivity contribution in [2.45, 2.75) is 78.0 Å². The molecule has 3 amide bonds. The standard InChI is InChI=1S/C17H31N3O6/c1-11(14(22)20-12(2)15(23)24)19-13(21)9-7-6-8-10-18-16(25)26-17(3,4)5/h11-12H,6-10H2,1-5H3,(H,18,25)(H,19,21)(H,20,22)(H,23,24)/t11-,12-/m1/s1. The number of hydrogen-bond acceptors (Lipinski definition) is 5. The third kappa shape index (κ3) is 12.1. The minimum atomic E-state index is -1.14. The summed E-state index contributed by atoms with van der Waals surface area (Å²) in [4.78, 5) is 45.6. The van der Waals surface area contributed by atoms with Crippen LogP contribution in [0.3, 0.4) is 0 Å². The average Bonchev–Trinajstić information content (AvgIpc) is 2.48. The second-order valence-electron chi connectivity index (χ2n) is 7.10. The molecule has 0 aliphatic carbocycles. The van der Waals surface area contributed by atoms with Gasteiger partial charge in [0, 0.05) is 13.0 Å². The second kappa shape index (κ2) is 11.3. The number of aliphatic carboxylic acids is 1. The van der Waals surface area contributed by atoms with Crippen molar-refractivity contribution in [3.63, 3.8) is 0 Å². The van der Waals surface area contributed by atoms with Gasteiger partial charge in [-0.15, -0.1) is 0 Å².